The summed E-state index contributed by atoms with van der Waals surface area (Å²) in [4.78, 5) is 0. The lowest BCUT2D eigenvalue weighted by Gasteiger charge is -2.65. The zero-order chi connectivity index (χ0) is 9.46. The van der Waals surface area contributed by atoms with Crippen LogP contribution in [0, 0.1) is 35.5 Å². The molecule has 0 heteroatoms. The smallest absolute Gasteiger partial charge is 0.0324 e. The van der Waals surface area contributed by atoms with Crippen LogP contribution in [-0.4, -0.2) is 0 Å². The van der Waals surface area contributed by atoms with Gasteiger partial charge in [-0.25, -0.2) is 0 Å². The van der Waals surface area contributed by atoms with Gasteiger partial charge in [-0.05, 0) is 35.5 Å². The van der Waals surface area contributed by atoms with Crippen molar-refractivity contribution in [1.29, 1.82) is 0 Å². The Kier molecular flexibility index (Phi) is 2.85. The van der Waals surface area contributed by atoms with Crippen molar-refractivity contribution in [1.82, 2.24) is 0 Å². The number of fused-ring (bicyclic) bond motifs is 1. The molecule has 0 heterocycles. The van der Waals surface area contributed by atoms with E-state index in [1.807, 2.05) is 13.8 Å². The van der Waals surface area contributed by atoms with Gasteiger partial charge in [0.1, 0.15) is 0 Å². The SMILES string of the molecule is CC.CC1C(C)C2C(C)C(C)C12. The van der Waals surface area contributed by atoms with Gasteiger partial charge in [0.05, 0.1) is 0 Å². The molecule has 0 aromatic heterocycles. The minimum absolute atomic E-state index is 1.02. The Labute approximate surface area is 77.7 Å². The van der Waals surface area contributed by atoms with Gasteiger partial charge in [-0.1, -0.05) is 41.5 Å². The van der Waals surface area contributed by atoms with Crippen LogP contribution in [-0.2, 0) is 0 Å². The Bertz CT molecular complexity index is 116. The second-order valence-corrected chi connectivity index (χ2v) is 4.59. The molecule has 2 fully saturated rings. The highest BCUT2D eigenvalue weighted by atomic mass is 14.6. The van der Waals surface area contributed by atoms with Gasteiger partial charge in [0.15, 0.2) is 0 Å². The van der Waals surface area contributed by atoms with Crippen molar-refractivity contribution in [3.05, 3.63) is 0 Å². The first-order valence-electron chi connectivity index (χ1n) is 5.64. The van der Waals surface area contributed by atoms with Gasteiger partial charge in [-0.3, -0.25) is 0 Å². The van der Waals surface area contributed by atoms with Crippen molar-refractivity contribution in [3.63, 3.8) is 0 Å². The second-order valence-electron chi connectivity index (χ2n) is 4.59. The molecule has 2 aliphatic carbocycles. The maximum atomic E-state index is 2.42. The molecule has 0 saturated heterocycles. The quantitative estimate of drug-likeness (QED) is 0.516. The molecular formula is C12H24. The third-order valence-electron chi connectivity index (χ3n) is 4.53. The standard InChI is InChI=1S/C10H18.C2H6/c1-5-6(2)10-8(4)7(3)9(5)10;1-2/h5-10H,1-4H3;1-2H3. The zero-order valence-electron chi connectivity index (χ0n) is 9.46. The van der Waals surface area contributed by atoms with Crippen LogP contribution in [0.15, 0.2) is 0 Å². The highest BCUT2D eigenvalue weighted by Gasteiger charge is 2.59. The Balaban J connectivity index is 0.000000336. The Morgan fingerprint density at radius 2 is 0.667 bits per heavy atom. The van der Waals surface area contributed by atoms with Crippen LogP contribution in [0.2, 0.25) is 0 Å². The van der Waals surface area contributed by atoms with E-state index in [4.69, 9.17) is 0 Å². The fourth-order valence-corrected chi connectivity index (χ4v) is 3.47. The van der Waals surface area contributed by atoms with Crippen molar-refractivity contribution in [2.45, 2.75) is 41.5 Å². The van der Waals surface area contributed by atoms with Crippen LogP contribution in [0.4, 0.5) is 0 Å². The van der Waals surface area contributed by atoms with Gasteiger partial charge in [0.25, 0.3) is 0 Å². The molecule has 0 amide bonds. The topological polar surface area (TPSA) is 0 Å². The van der Waals surface area contributed by atoms with Crippen LogP contribution in [0.3, 0.4) is 0 Å². The first-order valence-corrected chi connectivity index (χ1v) is 5.64. The molecule has 0 radical (unpaired) electrons. The molecule has 12 heavy (non-hydrogen) atoms. The molecule has 2 rings (SSSR count). The number of hydrogen-bond donors (Lipinski definition) is 0. The Morgan fingerprint density at radius 3 is 0.833 bits per heavy atom. The summed E-state index contributed by atoms with van der Waals surface area (Å²) < 4.78 is 0. The summed E-state index contributed by atoms with van der Waals surface area (Å²) in [6.45, 7) is 13.7. The van der Waals surface area contributed by atoms with E-state index < -0.39 is 0 Å². The van der Waals surface area contributed by atoms with Crippen LogP contribution in [0.1, 0.15) is 41.5 Å². The maximum absolute atomic E-state index is 2.42. The fourth-order valence-electron chi connectivity index (χ4n) is 3.47. The number of hydrogen-bond acceptors (Lipinski definition) is 0. The Hall–Kier alpha value is 0. The zero-order valence-corrected chi connectivity index (χ0v) is 9.46. The molecule has 0 nitrogen and oxygen atoms in total. The molecule has 0 aromatic rings. The minimum atomic E-state index is 1.02. The molecule has 72 valence electrons. The van der Waals surface area contributed by atoms with Crippen molar-refractivity contribution in [2.24, 2.45) is 35.5 Å². The molecule has 4 unspecified atom stereocenters. The van der Waals surface area contributed by atoms with E-state index >= 15 is 0 Å². The van der Waals surface area contributed by atoms with E-state index in [9.17, 15) is 0 Å². The van der Waals surface area contributed by atoms with E-state index in [-0.39, 0.29) is 0 Å². The summed E-state index contributed by atoms with van der Waals surface area (Å²) >= 11 is 0. The van der Waals surface area contributed by atoms with Crippen LogP contribution >= 0.6 is 0 Å². The van der Waals surface area contributed by atoms with Gasteiger partial charge < -0.3 is 0 Å². The summed E-state index contributed by atoms with van der Waals surface area (Å²) in [5.41, 5.74) is 0. The van der Waals surface area contributed by atoms with Crippen molar-refractivity contribution in [2.75, 3.05) is 0 Å². The first-order chi connectivity index (χ1) is 5.64. The largest absolute Gasteiger partial charge is 0.0683 e. The lowest BCUT2D eigenvalue weighted by atomic mass is 9.39. The second kappa shape index (κ2) is 3.40. The summed E-state index contributed by atoms with van der Waals surface area (Å²) in [6.07, 6.45) is 0. The van der Waals surface area contributed by atoms with E-state index in [0.717, 1.165) is 35.5 Å². The lowest BCUT2D eigenvalue weighted by molar-refractivity contribution is -0.178. The summed E-state index contributed by atoms with van der Waals surface area (Å²) in [5, 5.41) is 0. The predicted octanol–water partition coefficient (Wildman–Crippen LogP) is 3.82. The minimum Gasteiger partial charge on any atom is -0.0683 e. The van der Waals surface area contributed by atoms with E-state index in [1.165, 1.54) is 0 Å². The van der Waals surface area contributed by atoms with E-state index in [0.29, 0.717) is 0 Å². The molecule has 4 atom stereocenters. The summed E-state index contributed by atoms with van der Waals surface area (Å²) in [5.74, 6) is 6.30. The molecule has 2 aliphatic rings. The van der Waals surface area contributed by atoms with E-state index in [2.05, 4.69) is 27.7 Å². The van der Waals surface area contributed by atoms with Gasteiger partial charge in [-0.15, -0.1) is 0 Å². The normalized spacial score (nSPS) is 55.5. The first kappa shape index (κ1) is 10.1. The van der Waals surface area contributed by atoms with Gasteiger partial charge in [0.2, 0.25) is 0 Å². The average Bonchev–Trinajstić information content (AvgIpc) is 2.13. The fraction of sp³-hybridized carbons (Fsp3) is 1.00. The van der Waals surface area contributed by atoms with Crippen LogP contribution in [0.25, 0.3) is 0 Å². The average molecular weight is 168 g/mol. The highest BCUT2D eigenvalue weighted by Crippen LogP contribution is 2.63. The Morgan fingerprint density at radius 1 is 0.500 bits per heavy atom. The maximum Gasteiger partial charge on any atom is -0.0324 e. The van der Waals surface area contributed by atoms with Crippen LogP contribution in [0.5, 0.6) is 0 Å². The van der Waals surface area contributed by atoms with Crippen LogP contribution < -0.4 is 0 Å². The number of rotatable bonds is 0. The third-order valence-corrected chi connectivity index (χ3v) is 4.53. The van der Waals surface area contributed by atoms with Gasteiger partial charge in [0, 0.05) is 0 Å². The third kappa shape index (κ3) is 1.03. The molecule has 0 spiro atoms. The van der Waals surface area contributed by atoms with E-state index in [1.54, 1.807) is 0 Å². The molecule has 0 aliphatic heterocycles. The highest BCUT2D eigenvalue weighted by molar-refractivity contribution is 5.06. The van der Waals surface area contributed by atoms with Gasteiger partial charge in [-0.2, -0.15) is 0 Å². The molecule has 2 saturated carbocycles. The van der Waals surface area contributed by atoms with Crippen molar-refractivity contribution >= 4 is 0 Å². The lowest BCUT2D eigenvalue weighted by Crippen LogP contribution is -2.61. The summed E-state index contributed by atoms with van der Waals surface area (Å²) in [7, 11) is 0. The van der Waals surface area contributed by atoms with Crippen molar-refractivity contribution in [3.8, 4) is 0 Å². The molecular weight excluding hydrogens is 144 g/mol. The van der Waals surface area contributed by atoms with Crippen molar-refractivity contribution < 1.29 is 0 Å². The summed E-state index contributed by atoms with van der Waals surface area (Å²) in [6, 6.07) is 0. The predicted molar refractivity (Wildman–Crippen MR) is 55.0 cm³/mol. The van der Waals surface area contributed by atoms with Gasteiger partial charge >= 0.3 is 0 Å². The monoisotopic (exact) mass is 168 g/mol. The molecule has 0 aromatic carbocycles. The molecule has 0 bridgehead atoms. The molecule has 0 N–H and O–H groups in total.